The molecule has 146 valence electrons. The summed E-state index contributed by atoms with van der Waals surface area (Å²) in [5.74, 6) is -0.0143. The average molecular weight is 394 g/mol. The highest BCUT2D eigenvalue weighted by molar-refractivity contribution is 7.89. The maximum Gasteiger partial charge on any atom is 0.338 e. The van der Waals surface area contributed by atoms with Crippen LogP contribution in [0.15, 0.2) is 39.8 Å². The van der Waals surface area contributed by atoms with Gasteiger partial charge >= 0.3 is 5.97 Å². The first-order chi connectivity index (χ1) is 12.8. The number of morpholine rings is 1. The van der Waals surface area contributed by atoms with Crippen LogP contribution >= 0.6 is 0 Å². The molecular weight excluding hydrogens is 372 g/mol. The predicted octanol–water partition coefficient (Wildman–Crippen LogP) is 2.14. The Labute approximate surface area is 158 Å². The van der Waals surface area contributed by atoms with Crippen LogP contribution in [-0.4, -0.2) is 49.1 Å². The predicted molar refractivity (Wildman–Crippen MR) is 95.6 cm³/mol. The van der Waals surface area contributed by atoms with E-state index in [9.17, 15) is 13.2 Å². The molecule has 0 bridgehead atoms. The Morgan fingerprint density at radius 2 is 1.96 bits per heavy atom. The standard InChI is InChI=1S/C18H22N2O6S/c1-12-7-16(19-26-12)11-24-18(21)15-5-4-6-17(8-15)27(22,23)20-9-13(2)25-14(3)10-20/h4-8,13-14H,9-11H2,1-3H3/t13-,14+. The third kappa shape index (κ3) is 4.55. The number of benzene rings is 1. The van der Waals surface area contributed by atoms with Gasteiger partial charge in [-0.3, -0.25) is 0 Å². The second-order valence-electron chi connectivity index (χ2n) is 6.61. The van der Waals surface area contributed by atoms with Crippen molar-refractivity contribution in [1.82, 2.24) is 9.46 Å². The third-order valence-electron chi connectivity index (χ3n) is 4.12. The van der Waals surface area contributed by atoms with Gasteiger partial charge in [-0.25, -0.2) is 13.2 Å². The molecule has 8 nitrogen and oxygen atoms in total. The topological polar surface area (TPSA) is 98.9 Å². The van der Waals surface area contributed by atoms with E-state index < -0.39 is 16.0 Å². The van der Waals surface area contributed by atoms with Crippen LogP contribution in [0, 0.1) is 6.92 Å². The van der Waals surface area contributed by atoms with Crippen molar-refractivity contribution in [3.63, 3.8) is 0 Å². The lowest BCUT2D eigenvalue weighted by Crippen LogP contribution is -2.48. The fourth-order valence-corrected chi connectivity index (χ4v) is 4.61. The lowest BCUT2D eigenvalue weighted by atomic mass is 10.2. The Hall–Kier alpha value is -2.23. The maximum absolute atomic E-state index is 12.9. The van der Waals surface area contributed by atoms with Crippen LogP contribution in [-0.2, 0) is 26.1 Å². The van der Waals surface area contributed by atoms with E-state index in [-0.39, 0.29) is 42.4 Å². The van der Waals surface area contributed by atoms with Gasteiger partial charge in [0.25, 0.3) is 0 Å². The minimum absolute atomic E-state index is 0.0500. The molecule has 1 aromatic carbocycles. The number of nitrogens with zero attached hydrogens (tertiary/aromatic N) is 2. The van der Waals surface area contributed by atoms with E-state index in [0.717, 1.165) is 0 Å². The first-order valence-electron chi connectivity index (χ1n) is 8.60. The van der Waals surface area contributed by atoms with Crippen molar-refractivity contribution in [2.24, 2.45) is 0 Å². The highest BCUT2D eigenvalue weighted by atomic mass is 32.2. The van der Waals surface area contributed by atoms with Crippen molar-refractivity contribution in [3.8, 4) is 0 Å². The molecule has 1 saturated heterocycles. The zero-order chi connectivity index (χ0) is 19.6. The van der Waals surface area contributed by atoms with Crippen LogP contribution < -0.4 is 0 Å². The fraction of sp³-hybridized carbons (Fsp3) is 0.444. The number of hydrogen-bond acceptors (Lipinski definition) is 7. The summed E-state index contributed by atoms with van der Waals surface area (Å²) in [7, 11) is -3.73. The van der Waals surface area contributed by atoms with E-state index in [1.54, 1.807) is 13.0 Å². The number of rotatable bonds is 5. The van der Waals surface area contributed by atoms with Crippen molar-refractivity contribution < 1.29 is 27.2 Å². The molecule has 0 unspecified atom stereocenters. The molecule has 1 aliphatic heterocycles. The number of carbonyl (C=O) groups is 1. The molecule has 3 rings (SSSR count). The summed E-state index contributed by atoms with van der Waals surface area (Å²) < 4.78 is 42.9. The number of ether oxygens (including phenoxy) is 2. The Bertz CT molecular complexity index is 913. The molecule has 0 radical (unpaired) electrons. The SMILES string of the molecule is Cc1cc(COC(=O)c2cccc(S(=O)(=O)N3C[C@@H](C)O[C@@H](C)C3)c2)no1. The van der Waals surface area contributed by atoms with Crippen LogP contribution in [0.5, 0.6) is 0 Å². The van der Waals surface area contributed by atoms with Gasteiger partial charge in [-0.1, -0.05) is 11.2 Å². The molecule has 2 heterocycles. The van der Waals surface area contributed by atoms with Crippen molar-refractivity contribution >= 4 is 16.0 Å². The van der Waals surface area contributed by atoms with E-state index in [4.69, 9.17) is 14.0 Å². The average Bonchev–Trinajstić information content (AvgIpc) is 3.04. The number of carbonyl (C=O) groups excluding carboxylic acids is 1. The third-order valence-corrected chi connectivity index (χ3v) is 5.95. The molecule has 0 saturated carbocycles. The molecular formula is C18H22N2O6S. The van der Waals surface area contributed by atoms with Crippen molar-refractivity contribution in [2.75, 3.05) is 13.1 Å². The van der Waals surface area contributed by atoms with Crippen LogP contribution in [0.25, 0.3) is 0 Å². The van der Waals surface area contributed by atoms with Crippen LogP contribution in [0.4, 0.5) is 0 Å². The Morgan fingerprint density at radius 3 is 2.59 bits per heavy atom. The van der Waals surface area contributed by atoms with E-state index in [0.29, 0.717) is 11.5 Å². The summed E-state index contributed by atoms with van der Waals surface area (Å²) in [5, 5.41) is 3.75. The van der Waals surface area contributed by atoms with Crippen molar-refractivity contribution in [2.45, 2.75) is 44.5 Å². The number of esters is 1. The molecule has 0 spiro atoms. The second kappa shape index (κ2) is 7.79. The van der Waals surface area contributed by atoms with E-state index in [1.165, 1.54) is 28.6 Å². The summed E-state index contributed by atoms with van der Waals surface area (Å²) in [6, 6.07) is 7.50. The quantitative estimate of drug-likeness (QED) is 0.716. The van der Waals surface area contributed by atoms with Crippen LogP contribution in [0.2, 0.25) is 0 Å². The smallest absolute Gasteiger partial charge is 0.338 e. The molecule has 9 heteroatoms. The van der Waals surface area contributed by atoms with Crippen LogP contribution in [0.1, 0.15) is 35.7 Å². The van der Waals surface area contributed by atoms with E-state index in [1.807, 2.05) is 13.8 Å². The van der Waals surface area contributed by atoms with Gasteiger partial charge < -0.3 is 14.0 Å². The lowest BCUT2D eigenvalue weighted by Gasteiger charge is -2.34. The monoisotopic (exact) mass is 394 g/mol. The Morgan fingerprint density at radius 1 is 1.26 bits per heavy atom. The van der Waals surface area contributed by atoms with Gasteiger partial charge in [0.2, 0.25) is 10.0 Å². The lowest BCUT2D eigenvalue weighted by molar-refractivity contribution is -0.0440. The molecule has 1 fully saturated rings. The first-order valence-corrected chi connectivity index (χ1v) is 10.0. The second-order valence-corrected chi connectivity index (χ2v) is 8.55. The summed E-state index contributed by atoms with van der Waals surface area (Å²) in [4.78, 5) is 12.3. The van der Waals surface area contributed by atoms with E-state index >= 15 is 0 Å². The molecule has 0 N–H and O–H groups in total. The van der Waals surface area contributed by atoms with Gasteiger partial charge in [0.1, 0.15) is 18.1 Å². The summed E-state index contributed by atoms with van der Waals surface area (Å²) in [6.07, 6.45) is -0.384. The van der Waals surface area contributed by atoms with Gasteiger partial charge in [0.05, 0.1) is 22.7 Å². The zero-order valence-electron chi connectivity index (χ0n) is 15.4. The Kier molecular flexibility index (Phi) is 5.64. The Balaban J connectivity index is 1.75. The van der Waals surface area contributed by atoms with Gasteiger partial charge in [-0.15, -0.1) is 0 Å². The largest absolute Gasteiger partial charge is 0.455 e. The summed E-state index contributed by atoms with van der Waals surface area (Å²) in [6.45, 7) is 5.89. The van der Waals surface area contributed by atoms with Gasteiger partial charge in [-0.2, -0.15) is 4.31 Å². The molecule has 2 atom stereocenters. The number of aryl methyl sites for hydroxylation is 1. The minimum atomic E-state index is -3.73. The highest BCUT2D eigenvalue weighted by Crippen LogP contribution is 2.22. The number of sulfonamides is 1. The van der Waals surface area contributed by atoms with Gasteiger partial charge in [-0.05, 0) is 39.0 Å². The summed E-state index contributed by atoms with van der Waals surface area (Å²) >= 11 is 0. The molecule has 1 aromatic heterocycles. The van der Waals surface area contributed by atoms with Gasteiger partial charge in [0, 0.05) is 19.2 Å². The van der Waals surface area contributed by atoms with Crippen LogP contribution in [0.3, 0.4) is 0 Å². The van der Waals surface area contributed by atoms with Crippen molar-refractivity contribution in [3.05, 3.63) is 47.3 Å². The normalized spacial score (nSPS) is 21.1. The van der Waals surface area contributed by atoms with E-state index in [2.05, 4.69) is 5.16 Å². The zero-order valence-corrected chi connectivity index (χ0v) is 16.2. The maximum atomic E-state index is 12.9. The minimum Gasteiger partial charge on any atom is -0.455 e. The van der Waals surface area contributed by atoms with Gasteiger partial charge in [0.15, 0.2) is 0 Å². The molecule has 27 heavy (non-hydrogen) atoms. The fourth-order valence-electron chi connectivity index (χ4n) is 2.97. The number of hydrogen-bond donors (Lipinski definition) is 0. The number of aromatic nitrogens is 1. The molecule has 0 amide bonds. The summed E-state index contributed by atoms with van der Waals surface area (Å²) in [5.41, 5.74) is 0.645. The van der Waals surface area contributed by atoms with Crippen molar-refractivity contribution in [1.29, 1.82) is 0 Å². The first kappa shape index (κ1) is 19.5. The molecule has 0 aliphatic carbocycles. The molecule has 1 aliphatic rings. The molecule has 2 aromatic rings. The highest BCUT2D eigenvalue weighted by Gasteiger charge is 2.32.